The average molecular weight is 341 g/mol. The highest BCUT2D eigenvalue weighted by molar-refractivity contribution is 6.30. The van der Waals surface area contributed by atoms with Crippen molar-refractivity contribution in [2.24, 2.45) is 18.0 Å². The molecule has 130 valence electrons. The Hall–Kier alpha value is -1.20. The van der Waals surface area contributed by atoms with Crippen LogP contribution in [-0.2, 0) is 13.6 Å². The lowest BCUT2D eigenvalue weighted by atomic mass is 9.85. The molecular formula is C17H29ClN4O. The number of aliphatic hydroxyl groups excluding tert-OH is 1. The number of rotatable bonds is 5. The summed E-state index contributed by atoms with van der Waals surface area (Å²) in [6.07, 6.45) is 7.66. The van der Waals surface area contributed by atoms with Crippen LogP contribution in [0.25, 0.3) is 0 Å². The zero-order valence-corrected chi connectivity index (χ0v) is 15.2. The molecule has 1 aromatic rings. The number of aliphatic imine (C=N–C) groups is 1. The van der Waals surface area contributed by atoms with Crippen LogP contribution >= 0.6 is 11.6 Å². The molecule has 5 nitrogen and oxygen atoms in total. The van der Waals surface area contributed by atoms with Crippen LogP contribution in [0.2, 0.25) is 5.02 Å². The maximum Gasteiger partial charge on any atom is 0.193 e. The fraction of sp³-hybridized carbons (Fsp3) is 0.706. The van der Waals surface area contributed by atoms with Crippen molar-refractivity contribution in [3.8, 4) is 0 Å². The first-order valence-corrected chi connectivity index (χ1v) is 8.79. The van der Waals surface area contributed by atoms with Crippen LogP contribution in [0.3, 0.4) is 0 Å². The Morgan fingerprint density at radius 1 is 1.48 bits per heavy atom. The third-order valence-corrected chi connectivity index (χ3v) is 4.92. The zero-order valence-electron chi connectivity index (χ0n) is 14.4. The van der Waals surface area contributed by atoms with Gasteiger partial charge in [-0.3, -0.25) is 4.99 Å². The number of guanidine groups is 1. The van der Waals surface area contributed by atoms with Gasteiger partial charge in [-0.1, -0.05) is 30.9 Å². The van der Waals surface area contributed by atoms with Gasteiger partial charge in [-0.2, -0.15) is 0 Å². The molecule has 1 heterocycles. The second kappa shape index (κ2) is 8.60. The second-order valence-corrected chi connectivity index (χ2v) is 6.95. The lowest BCUT2D eigenvalue weighted by Crippen LogP contribution is -2.44. The minimum Gasteiger partial charge on any atom is -0.391 e. The first-order valence-electron chi connectivity index (χ1n) is 8.42. The number of aliphatic hydroxyl groups is 1. The van der Waals surface area contributed by atoms with Gasteiger partial charge in [0.25, 0.3) is 0 Å². The van der Waals surface area contributed by atoms with E-state index in [0.29, 0.717) is 19.0 Å². The van der Waals surface area contributed by atoms with E-state index in [2.05, 4.69) is 10.3 Å². The number of nitrogens with zero attached hydrogens (tertiary/aromatic N) is 3. The van der Waals surface area contributed by atoms with Gasteiger partial charge < -0.3 is 19.9 Å². The van der Waals surface area contributed by atoms with E-state index < -0.39 is 0 Å². The molecule has 2 N–H and O–H groups in total. The largest absolute Gasteiger partial charge is 0.391 e. The van der Waals surface area contributed by atoms with Gasteiger partial charge in [0.2, 0.25) is 0 Å². The molecule has 0 radical (unpaired) electrons. The van der Waals surface area contributed by atoms with E-state index in [1.54, 1.807) is 7.05 Å². The Kier molecular flexibility index (Phi) is 6.78. The molecule has 1 saturated carbocycles. The summed E-state index contributed by atoms with van der Waals surface area (Å²) in [5.74, 6) is 1.21. The lowest BCUT2D eigenvalue weighted by molar-refractivity contribution is 0.0874. The van der Waals surface area contributed by atoms with Crippen LogP contribution in [0.5, 0.6) is 0 Å². The standard InChI is InChI=1S/C17H29ClN4O/c1-19-17(20-10-16(23)13-7-5-4-6-8-13)22(3)12-15-9-14(18)11-21(15)2/h9,11,13,16,23H,4-8,10,12H2,1-3H3,(H,19,20). The summed E-state index contributed by atoms with van der Waals surface area (Å²) >= 11 is 6.03. The summed E-state index contributed by atoms with van der Waals surface area (Å²) in [5.41, 5.74) is 1.12. The quantitative estimate of drug-likeness (QED) is 0.640. The van der Waals surface area contributed by atoms with Gasteiger partial charge >= 0.3 is 0 Å². The van der Waals surface area contributed by atoms with Crippen molar-refractivity contribution in [1.29, 1.82) is 0 Å². The number of hydrogen-bond acceptors (Lipinski definition) is 2. The Balaban J connectivity index is 1.85. The highest BCUT2D eigenvalue weighted by Gasteiger charge is 2.22. The third kappa shape index (κ3) is 5.15. The molecule has 23 heavy (non-hydrogen) atoms. The fourth-order valence-electron chi connectivity index (χ4n) is 3.31. The summed E-state index contributed by atoms with van der Waals surface area (Å²) in [6.45, 7) is 1.26. The van der Waals surface area contributed by atoms with Crippen LogP contribution < -0.4 is 5.32 Å². The van der Waals surface area contributed by atoms with Crippen LogP contribution in [0.4, 0.5) is 0 Å². The third-order valence-electron chi connectivity index (χ3n) is 4.71. The molecule has 0 amide bonds. The molecule has 1 unspecified atom stereocenters. The molecule has 0 bridgehead atoms. The van der Waals surface area contributed by atoms with Crippen molar-refractivity contribution < 1.29 is 5.11 Å². The summed E-state index contributed by atoms with van der Waals surface area (Å²) in [6, 6.07) is 1.96. The highest BCUT2D eigenvalue weighted by atomic mass is 35.5. The first kappa shape index (κ1) is 18.1. The van der Waals surface area contributed by atoms with E-state index in [0.717, 1.165) is 29.5 Å². The number of nitrogens with one attached hydrogen (secondary N) is 1. The molecule has 0 spiro atoms. The fourth-order valence-corrected chi connectivity index (χ4v) is 3.58. The number of hydrogen-bond donors (Lipinski definition) is 2. The van der Waals surface area contributed by atoms with Crippen molar-refractivity contribution in [3.63, 3.8) is 0 Å². The number of halogens is 1. The normalized spacial score (nSPS) is 18.0. The number of aromatic nitrogens is 1. The topological polar surface area (TPSA) is 52.8 Å². The van der Waals surface area contributed by atoms with Gasteiger partial charge in [0, 0.05) is 39.6 Å². The van der Waals surface area contributed by atoms with Gasteiger partial charge in [-0.25, -0.2) is 0 Å². The molecule has 2 rings (SSSR count). The van der Waals surface area contributed by atoms with Crippen molar-refractivity contribution in [2.45, 2.75) is 44.8 Å². The minimum absolute atomic E-state index is 0.301. The monoisotopic (exact) mass is 340 g/mol. The van der Waals surface area contributed by atoms with Crippen LogP contribution in [0, 0.1) is 5.92 Å². The van der Waals surface area contributed by atoms with Gasteiger partial charge in [0.05, 0.1) is 17.7 Å². The SMILES string of the molecule is CN=C(NCC(O)C1CCCCC1)N(C)Cc1cc(Cl)cn1C. The van der Waals surface area contributed by atoms with Crippen molar-refractivity contribution in [1.82, 2.24) is 14.8 Å². The Labute approximate surface area is 144 Å². The van der Waals surface area contributed by atoms with Gasteiger partial charge in [-0.05, 0) is 24.8 Å². The average Bonchev–Trinajstić information content (AvgIpc) is 2.86. The van der Waals surface area contributed by atoms with Crippen molar-refractivity contribution >= 4 is 17.6 Å². The molecule has 1 atom stereocenters. The van der Waals surface area contributed by atoms with Crippen LogP contribution in [-0.4, -0.2) is 47.3 Å². The lowest BCUT2D eigenvalue weighted by Gasteiger charge is -2.28. The van der Waals surface area contributed by atoms with E-state index >= 15 is 0 Å². The van der Waals surface area contributed by atoms with Gasteiger partial charge in [-0.15, -0.1) is 0 Å². The molecule has 0 aromatic carbocycles. The molecule has 1 aromatic heterocycles. The Morgan fingerprint density at radius 3 is 2.74 bits per heavy atom. The first-order chi connectivity index (χ1) is 11.0. The Bertz CT molecular complexity index is 523. The zero-order chi connectivity index (χ0) is 16.8. The molecule has 1 aliphatic rings. The highest BCUT2D eigenvalue weighted by Crippen LogP contribution is 2.26. The van der Waals surface area contributed by atoms with E-state index in [-0.39, 0.29) is 6.10 Å². The van der Waals surface area contributed by atoms with E-state index in [9.17, 15) is 5.11 Å². The predicted octanol–water partition coefficient (Wildman–Crippen LogP) is 2.63. The minimum atomic E-state index is -0.301. The van der Waals surface area contributed by atoms with E-state index in [1.165, 1.54) is 19.3 Å². The molecule has 1 fully saturated rings. The van der Waals surface area contributed by atoms with Gasteiger partial charge in [0.1, 0.15) is 0 Å². The van der Waals surface area contributed by atoms with Crippen LogP contribution in [0.15, 0.2) is 17.3 Å². The summed E-state index contributed by atoms with van der Waals surface area (Å²) < 4.78 is 2.02. The number of aryl methyl sites for hydroxylation is 1. The smallest absolute Gasteiger partial charge is 0.193 e. The molecule has 0 saturated heterocycles. The summed E-state index contributed by atoms with van der Waals surface area (Å²) in [5, 5.41) is 14.4. The summed E-state index contributed by atoms with van der Waals surface area (Å²) in [7, 11) is 5.74. The van der Waals surface area contributed by atoms with E-state index in [1.807, 2.05) is 35.8 Å². The predicted molar refractivity (Wildman–Crippen MR) is 95.8 cm³/mol. The maximum atomic E-state index is 10.4. The molecule has 6 heteroatoms. The molecule has 1 aliphatic carbocycles. The van der Waals surface area contributed by atoms with Crippen LogP contribution in [0.1, 0.15) is 37.8 Å². The Morgan fingerprint density at radius 2 is 2.17 bits per heavy atom. The summed E-state index contributed by atoms with van der Waals surface area (Å²) in [4.78, 5) is 6.36. The van der Waals surface area contributed by atoms with E-state index in [4.69, 9.17) is 11.6 Å². The molecular weight excluding hydrogens is 312 g/mol. The maximum absolute atomic E-state index is 10.4. The van der Waals surface area contributed by atoms with Gasteiger partial charge in [0.15, 0.2) is 5.96 Å². The van der Waals surface area contributed by atoms with Crippen molar-refractivity contribution in [3.05, 3.63) is 23.0 Å². The van der Waals surface area contributed by atoms with Crippen molar-refractivity contribution in [2.75, 3.05) is 20.6 Å². The molecule has 0 aliphatic heterocycles. The second-order valence-electron chi connectivity index (χ2n) is 6.51.